The van der Waals surface area contributed by atoms with Crippen LogP contribution in [0.1, 0.15) is 24.0 Å². The molecule has 37 heavy (non-hydrogen) atoms. The molecule has 0 atom stereocenters. The van der Waals surface area contributed by atoms with Crippen LogP contribution in [-0.4, -0.2) is 37.6 Å². The molecule has 5 rings (SSSR count). The van der Waals surface area contributed by atoms with Gasteiger partial charge in [-0.05, 0) is 54.8 Å². The average Bonchev–Trinajstić information content (AvgIpc) is 3.10. The van der Waals surface area contributed by atoms with E-state index in [1.54, 1.807) is 42.5 Å². The van der Waals surface area contributed by atoms with Crippen LogP contribution in [0.2, 0.25) is 10.0 Å². The van der Waals surface area contributed by atoms with E-state index in [1.807, 2.05) is 6.08 Å². The van der Waals surface area contributed by atoms with Gasteiger partial charge in [0.05, 0.1) is 17.9 Å². The maximum absolute atomic E-state index is 12.8. The van der Waals surface area contributed by atoms with Crippen LogP contribution in [0.15, 0.2) is 80.3 Å². The molecule has 2 amide bonds. The average molecular weight is 537 g/mol. The molecule has 11 heteroatoms. The fourth-order valence-electron chi connectivity index (χ4n) is 4.21. The highest BCUT2D eigenvalue weighted by Crippen LogP contribution is 2.32. The van der Waals surface area contributed by atoms with Gasteiger partial charge >= 0.3 is 5.69 Å². The highest BCUT2D eigenvalue weighted by Gasteiger charge is 2.37. The van der Waals surface area contributed by atoms with Gasteiger partial charge in [-0.15, -0.1) is 0 Å². The summed E-state index contributed by atoms with van der Waals surface area (Å²) in [7, 11) is 0. The lowest BCUT2D eigenvalue weighted by molar-refractivity contribution is -0.138. The zero-order valence-electron chi connectivity index (χ0n) is 19.1. The number of rotatable bonds is 5. The van der Waals surface area contributed by atoms with Crippen LogP contribution in [0.3, 0.4) is 0 Å². The summed E-state index contributed by atoms with van der Waals surface area (Å²) in [5, 5.41) is 11.4. The second-order valence-electron chi connectivity index (χ2n) is 8.38. The summed E-state index contributed by atoms with van der Waals surface area (Å²) in [4.78, 5) is 57.9. The molecule has 2 aromatic carbocycles. The third-order valence-electron chi connectivity index (χ3n) is 6.04. The second kappa shape index (κ2) is 9.68. The summed E-state index contributed by atoms with van der Waals surface area (Å²) in [6.07, 6.45) is 5.86. The number of allylic oxidation sites excluding steroid dienone is 1. The summed E-state index contributed by atoms with van der Waals surface area (Å²) >= 11 is 12.3. The van der Waals surface area contributed by atoms with Crippen LogP contribution in [0.5, 0.6) is 5.88 Å². The lowest BCUT2D eigenvalue weighted by atomic mass is 10.00. The number of aromatic amines is 1. The van der Waals surface area contributed by atoms with Gasteiger partial charge in [-0.25, -0.2) is 9.36 Å². The quantitative estimate of drug-likeness (QED) is 0.379. The Bertz CT molecular complexity index is 1680. The molecule has 0 unspecified atom stereocenters. The summed E-state index contributed by atoms with van der Waals surface area (Å²) in [6.45, 7) is -0.0494. The number of carbonyl (C=O) groups excluding carboxylic acids is 2. The molecule has 0 fully saturated rings. The number of hydrogen-bond donors (Lipinski definition) is 2. The minimum Gasteiger partial charge on any atom is -0.493 e. The molecule has 1 aliphatic heterocycles. The Balaban J connectivity index is 1.45. The SMILES string of the molecule is O=C1C2=C(CCC=C2)C(=O)N1Cc1cc(N=Cc2c(O)n(-c3cccc(Cl)c3)c(=O)[nH]c2=O)ccc1Cl. The second-order valence-corrected chi connectivity index (χ2v) is 9.22. The van der Waals surface area contributed by atoms with E-state index in [1.165, 1.54) is 6.07 Å². The van der Waals surface area contributed by atoms with Crippen molar-refractivity contribution in [1.29, 1.82) is 0 Å². The number of nitrogens with one attached hydrogen (secondary N) is 1. The summed E-state index contributed by atoms with van der Waals surface area (Å²) < 4.78 is 0.899. The number of benzene rings is 2. The first-order chi connectivity index (χ1) is 17.7. The molecular weight excluding hydrogens is 519 g/mol. The van der Waals surface area contributed by atoms with Gasteiger partial charge in [0.2, 0.25) is 5.88 Å². The lowest BCUT2D eigenvalue weighted by Gasteiger charge is -2.16. The van der Waals surface area contributed by atoms with Crippen molar-refractivity contribution in [1.82, 2.24) is 14.5 Å². The van der Waals surface area contributed by atoms with Crippen molar-refractivity contribution in [3.63, 3.8) is 0 Å². The van der Waals surface area contributed by atoms with E-state index in [4.69, 9.17) is 23.2 Å². The van der Waals surface area contributed by atoms with Crippen LogP contribution in [-0.2, 0) is 16.1 Å². The van der Waals surface area contributed by atoms with Crippen molar-refractivity contribution in [2.75, 3.05) is 0 Å². The van der Waals surface area contributed by atoms with Gasteiger partial charge < -0.3 is 5.11 Å². The summed E-state index contributed by atoms with van der Waals surface area (Å²) in [5.74, 6) is -1.33. The van der Waals surface area contributed by atoms with Gasteiger partial charge in [0.25, 0.3) is 17.4 Å². The lowest BCUT2D eigenvalue weighted by Crippen LogP contribution is -2.31. The Morgan fingerprint density at radius 3 is 2.62 bits per heavy atom. The smallest absolute Gasteiger partial charge is 0.335 e. The first-order valence-electron chi connectivity index (χ1n) is 11.2. The summed E-state index contributed by atoms with van der Waals surface area (Å²) in [6, 6.07) is 10.9. The van der Waals surface area contributed by atoms with Gasteiger partial charge in [-0.3, -0.25) is 29.3 Å². The monoisotopic (exact) mass is 536 g/mol. The molecule has 9 nitrogen and oxygen atoms in total. The first-order valence-corrected chi connectivity index (χ1v) is 11.9. The number of aromatic hydroxyl groups is 1. The van der Waals surface area contributed by atoms with E-state index in [0.29, 0.717) is 45.3 Å². The van der Waals surface area contributed by atoms with Crippen LogP contribution >= 0.6 is 23.2 Å². The number of carbonyl (C=O) groups is 2. The minimum absolute atomic E-state index is 0.0494. The molecule has 0 radical (unpaired) electrons. The number of amides is 2. The van der Waals surface area contributed by atoms with E-state index in [0.717, 1.165) is 15.7 Å². The third kappa shape index (κ3) is 4.54. The topological polar surface area (TPSA) is 125 Å². The number of hydrogen-bond acceptors (Lipinski definition) is 6. The molecule has 3 aromatic rings. The Morgan fingerprint density at radius 1 is 1.05 bits per heavy atom. The third-order valence-corrected chi connectivity index (χ3v) is 6.64. The zero-order valence-corrected chi connectivity index (χ0v) is 20.6. The van der Waals surface area contributed by atoms with E-state index >= 15 is 0 Å². The first kappa shape index (κ1) is 24.5. The van der Waals surface area contributed by atoms with E-state index in [2.05, 4.69) is 9.98 Å². The highest BCUT2D eigenvalue weighted by molar-refractivity contribution is 6.31. The number of nitrogens with zero attached hydrogens (tertiary/aromatic N) is 3. The van der Waals surface area contributed by atoms with Crippen LogP contribution in [0.25, 0.3) is 5.69 Å². The Kier molecular flexibility index (Phi) is 6.41. The molecule has 0 spiro atoms. The molecular formula is C26H18Cl2N4O5. The van der Waals surface area contributed by atoms with Crippen molar-refractivity contribution < 1.29 is 14.7 Å². The standard InChI is InChI=1S/C26H18Cl2N4O5/c27-15-4-3-5-17(11-15)32-25(36)20(22(33)30-26(32)37)12-29-16-8-9-21(28)14(10-16)13-31-23(34)18-6-1-2-7-19(18)24(31)35/h1,3-6,8-12,36H,2,7,13H2,(H,30,33,37). The normalized spacial score (nSPS) is 15.2. The van der Waals surface area contributed by atoms with Crippen molar-refractivity contribution in [3.8, 4) is 11.6 Å². The van der Waals surface area contributed by atoms with Crippen LogP contribution < -0.4 is 11.2 Å². The molecule has 186 valence electrons. The maximum Gasteiger partial charge on any atom is 0.335 e. The zero-order chi connectivity index (χ0) is 26.3. The van der Waals surface area contributed by atoms with E-state index in [-0.39, 0.29) is 29.6 Å². The molecule has 0 saturated carbocycles. The fourth-order valence-corrected chi connectivity index (χ4v) is 4.57. The van der Waals surface area contributed by atoms with Gasteiger partial charge in [-0.2, -0.15) is 0 Å². The van der Waals surface area contributed by atoms with Crippen LogP contribution in [0, 0.1) is 0 Å². The molecule has 2 heterocycles. The molecule has 1 aromatic heterocycles. The van der Waals surface area contributed by atoms with Gasteiger partial charge in [0, 0.05) is 27.4 Å². The highest BCUT2D eigenvalue weighted by atomic mass is 35.5. The predicted molar refractivity (Wildman–Crippen MR) is 139 cm³/mol. The molecule has 0 saturated heterocycles. The number of aromatic nitrogens is 2. The fraction of sp³-hybridized carbons (Fsp3) is 0.115. The van der Waals surface area contributed by atoms with Gasteiger partial charge in [0.1, 0.15) is 5.56 Å². The molecule has 2 N–H and O–H groups in total. The molecule has 2 aliphatic rings. The van der Waals surface area contributed by atoms with Gasteiger partial charge in [-0.1, -0.05) is 41.4 Å². The Labute approximate surface area is 219 Å². The minimum atomic E-state index is -0.846. The number of imide groups is 1. The summed E-state index contributed by atoms with van der Waals surface area (Å²) in [5.41, 5.74) is 0.0385. The molecule has 1 aliphatic carbocycles. The van der Waals surface area contributed by atoms with Crippen molar-refractivity contribution >= 4 is 46.9 Å². The van der Waals surface area contributed by atoms with E-state index < -0.39 is 17.1 Å². The largest absolute Gasteiger partial charge is 0.493 e. The van der Waals surface area contributed by atoms with Crippen LogP contribution in [0.4, 0.5) is 5.69 Å². The number of halogens is 2. The van der Waals surface area contributed by atoms with Gasteiger partial charge in [0.15, 0.2) is 0 Å². The maximum atomic E-state index is 12.8. The number of aliphatic imine (C=N–C) groups is 1. The Morgan fingerprint density at radius 2 is 1.86 bits per heavy atom. The predicted octanol–water partition coefficient (Wildman–Crippen LogP) is 3.80. The Hall–Kier alpha value is -4.21. The molecule has 0 bridgehead atoms. The van der Waals surface area contributed by atoms with Crippen molar-refractivity contribution in [2.45, 2.75) is 19.4 Å². The van der Waals surface area contributed by atoms with E-state index in [9.17, 15) is 24.3 Å². The number of H-pyrrole nitrogens is 1. The van der Waals surface area contributed by atoms with Crippen molar-refractivity contribution in [2.24, 2.45) is 4.99 Å². The van der Waals surface area contributed by atoms with Crippen molar-refractivity contribution in [3.05, 3.63) is 108 Å².